The molecule has 0 amide bonds. The number of aryl methyl sites for hydroxylation is 2. The van der Waals surface area contributed by atoms with E-state index in [0.717, 1.165) is 26.2 Å². The molecule has 2 rings (SSSR count). The van der Waals surface area contributed by atoms with Gasteiger partial charge in [0.05, 0.1) is 13.2 Å². The van der Waals surface area contributed by atoms with Crippen molar-refractivity contribution in [3.63, 3.8) is 0 Å². The van der Waals surface area contributed by atoms with Crippen molar-refractivity contribution in [3.05, 3.63) is 34.9 Å². The Hall–Kier alpha value is -0.860. The highest BCUT2D eigenvalue weighted by Crippen LogP contribution is 2.42. The summed E-state index contributed by atoms with van der Waals surface area (Å²) in [5, 5.41) is 0. The van der Waals surface area contributed by atoms with Crippen molar-refractivity contribution in [2.75, 3.05) is 19.8 Å². The van der Waals surface area contributed by atoms with E-state index in [1.165, 1.54) is 16.7 Å². The van der Waals surface area contributed by atoms with Gasteiger partial charge < -0.3 is 10.5 Å². The molecule has 2 N–H and O–H groups in total. The van der Waals surface area contributed by atoms with E-state index < -0.39 is 0 Å². The SMILES string of the molecule is Cc1ccc(C)c(C2(C(C)CCN)COC2)c1. The summed E-state index contributed by atoms with van der Waals surface area (Å²) < 4.78 is 5.51. The van der Waals surface area contributed by atoms with Crippen LogP contribution in [0.25, 0.3) is 0 Å². The van der Waals surface area contributed by atoms with Crippen molar-refractivity contribution < 1.29 is 4.74 Å². The quantitative estimate of drug-likeness (QED) is 0.867. The van der Waals surface area contributed by atoms with E-state index in [4.69, 9.17) is 10.5 Å². The van der Waals surface area contributed by atoms with Crippen LogP contribution in [0.5, 0.6) is 0 Å². The van der Waals surface area contributed by atoms with Crippen LogP contribution < -0.4 is 5.73 Å². The molecule has 0 aliphatic carbocycles. The Bertz CT molecular complexity index is 396. The van der Waals surface area contributed by atoms with Crippen LogP contribution in [0.4, 0.5) is 0 Å². The first kappa shape index (κ1) is 12.6. The second kappa shape index (κ2) is 4.79. The van der Waals surface area contributed by atoms with Crippen LogP contribution in [-0.4, -0.2) is 19.8 Å². The molecule has 0 spiro atoms. The Morgan fingerprint density at radius 1 is 1.35 bits per heavy atom. The van der Waals surface area contributed by atoms with E-state index in [1.54, 1.807) is 0 Å². The third-order valence-corrected chi connectivity index (χ3v) is 4.19. The molecule has 1 fully saturated rings. The highest BCUT2D eigenvalue weighted by atomic mass is 16.5. The van der Waals surface area contributed by atoms with Crippen molar-refractivity contribution in [2.24, 2.45) is 11.7 Å². The van der Waals surface area contributed by atoms with E-state index in [1.807, 2.05) is 0 Å². The molecule has 1 atom stereocenters. The molecule has 2 heteroatoms. The van der Waals surface area contributed by atoms with Crippen LogP contribution >= 0.6 is 0 Å². The van der Waals surface area contributed by atoms with Crippen LogP contribution in [0.1, 0.15) is 30.0 Å². The molecule has 1 aromatic rings. The number of benzene rings is 1. The van der Waals surface area contributed by atoms with E-state index in [9.17, 15) is 0 Å². The van der Waals surface area contributed by atoms with Crippen molar-refractivity contribution in [1.29, 1.82) is 0 Å². The first-order chi connectivity index (χ1) is 8.10. The molecule has 1 saturated heterocycles. The topological polar surface area (TPSA) is 35.2 Å². The highest BCUT2D eigenvalue weighted by Gasteiger charge is 2.45. The van der Waals surface area contributed by atoms with Gasteiger partial charge in [0, 0.05) is 5.41 Å². The minimum absolute atomic E-state index is 0.204. The minimum atomic E-state index is 0.204. The smallest absolute Gasteiger partial charge is 0.0588 e. The summed E-state index contributed by atoms with van der Waals surface area (Å²) in [6.07, 6.45) is 1.07. The maximum absolute atomic E-state index is 5.71. The average Bonchev–Trinajstić information content (AvgIpc) is 2.22. The fourth-order valence-electron chi connectivity index (χ4n) is 2.83. The second-order valence-electron chi connectivity index (χ2n) is 5.45. The van der Waals surface area contributed by atoms with Crippen LogP contribution in [0.3, 0.4) is 0 Å². The van der Waals surface area contributed by atoms with Gasteiger partial charge in [0.15, 0.2) is 0 Å². The van der Waals surface area contributed by atoms with Gasteiger partial charge in [-0.15, -0.1) is 0 Å². The maximum Gasteiger partial charge on any atom is 0.0588 e. The van der Waals surface area contributed by atoms with Gasteiger partial charge >= 0.3 is 0 Å². The van der Waals surface area contributed by atoms with Gasteiger partial charge in [0.2, 0.25) is 0 Å². The fourth-order valence-corrected chi connectivity index (χ4v) is 2.83. The lowest BCUT2D eigenvalue weighted by atomic mass is 9.67. The maximum atomic E-state index is 5.71. The molecule has 1 aliphatic rings. The molecule has 0 bridgehead atoms. The first-order valence-electron chi connectivity index (χ1n) is 6.46. The molecule has 1 heterocycles. The summed E-state index contributed by atoms with van der Waals surface area (Å²) in [5.74, 6) is 0.585. The first-order valence-corrected chi connectivity index (χ1v) is 6.46. The van der Waals surface area contributed by atoms with Crippen LogP contribution in [-0.2, 0) is 10.2 Å². The number of hydrogen-bond acceptors (Lipinski definition) is 2. The zero-order chi connectivity index (χ0) is 12.5. The van der Waals surface area contributed by atoms with E-state index in [0.29, 0.717) is 5.92 Å². The summed E-state index contributed by atoms with van der Waals surface area (Å²) in [5.41, 5.74) is 10.1. The van der Waals surface area contributed by atoms with Crippen LogP contribution in [0.2, 0.25) is 0 Å². The lowest BCUT2D eigenvalue weighted by molar-refractivity contribution is -0.0886. The molecule has 1 unspecified atom stereocenters. The van der Waals surface area contributed by atoms with Gasteiger partial charge in [-0.2, -0.15) is 0 Å². The van der Waals surface area contributed by atoms with Crippen molar-refractivity contribution in [3.8, 4) is 0 Å². The lowest BCUT2D eigenvalue weighted by Crippen LogP contribution is -2.52. The lowest BCUT2D eigenvalue weighted by Gasteiger charge is -2.47. The van der Waals surface area contributed by atoms with Gasteiger partial charge in [-0.1, -0.05) is 30.7 Å². The summed E-state index contributed by atoms with van der Waals surface area (Å²) in [4.78, 5) is 0. The molecule has 1 aromatic carbocycles. The molecule has 94 valence electrons. The number of ether oxygens (including phenoxy) is 1. The molecule has 2 nitrogen and oxygen atoms in total. The summed E-state index contributed by atoms with van der Waals surface area (Å²) in [6, 6.07) is 6.73. The molecular weight excluding hydrogens is 210 g/mol. The molecule has 17 heavy (non-hydrogen) atoms. The zero-order valence-electron chi connectivity index (χ0n) is 11.1. The van der Waals surface area contributed by atoms with Gasteiger partial charge in [-0.3, -0.25) is 0 Å². The highest BCUT2D eigenvalue weighted by molar-refractivity contribution is 5.39. The van der Waals surface area contributed by atoms with Gasteiger partial charge in [-0.05, 0) is 43.9 Å². The number of nitrogens with two attached hydrogens (primary N) is 1. The van der Waals surface area contributed by atoms with E-state index >= 15 is 0 Å². The molecule has 0 saturated carbocycles. The second-order valence-corrected chi connectivity index (χ2v) is 5.45. The van der Waals surface area contributed by atoms with Crippen molar-refractivity contribution in [2.45, 2.75) is 32.6 Å². The normalized spacial score (nSPS) is 19.8. The molecule has 1 aliphatic heterocycles. The molecule has 0 aromatic heterocycles. The monoisotopic (exact) mass is 233 g/mol. The minimum Gasteiger partial charge on any atom is -0.379 e. The zero-order valence-corrected chi connectivity index (χ0v) is 11.1. The Balaban J connectivity index is 2.37. The van der Waals surface area contributed by atoms with Gasteiger partial charge in [-0.25, -0.2) is 0 Å². The largest absolute Gasteiger partial charge is 0.379 e. The Labute approximate surface area is 104 Å². The summed E-state index contributed by atoms with van der Waals surface area (Å²) >= 11 is 0. The Kier molecular flexibility index (Phi) is 3.55. The standard InChI is InChI=1S/C15H23NO/c1-11-4-5-12(2)14(8-11)15(9-17-10-15)13(3)6-7-16/h4-5,8,13H,6-7,9-10,16H2,1-3H3. The molecule has 0 radical (unpaired) electrons. The Morgan fingerprint density at radius 2 is 2.06 bits per heavy atom. The predicted molar refractivity (Wildman–Crippen MR) is 71.2 cm³/mol. The third kappa shape index (κ3) is 2.12. The van der Waals surface area contributed by atoms with Gasteiger partial charge in [0.25, 0.3) is 0 Å². The third-order valence-electron chi connectivity index (χ3n) is 4.19. The summed E-state index contributed by atoms with van der Waals surface area (Å²) in [6.45, 7) is 9.11. The summed E-state index contributed by atoms with van der Waals surface area (Å²) in [7, 11) is 0. The van der Waals surface area contributed by atoms with Gasteiger partial charge in [0.1, 0.15) is 0 Å². The number of rotatable bonds is 4. The predicted octanol–water partition coefficient (Wildman–Crippen LogP) is 2.56. The Morgan fingerprint density at radius 3 is 2.59 bits per heavy atom. The molecular formula is C15H23NO. The van der Waals surface area contributed by atoms with Crippen LogP contribution in [0.15, 0.2) is 18.2 Å². The van der Waals surface area contributed by atoms with Crippen LogP contribution in [0, 0.1) is 19.8 Å². The van der Waals surface area contributed by atoms with E-state index in [-0.39, 0.29) is 5.41 Å². The van der Waals surface area contributed by atoms with Crippen molar-refractivity contribution in [1.82, 2.24) is 0 Å². The average molecular weight is 233 g/mol. The van der Waals surface area contributed by atoms with Crippen molar-refractivity contribution >= 4 is 0 Å². The number of hydrogen-bond donors (Lipinski definition) is 1. The fraction of sp³-hybridized carbons (Fsp3) is 0.600. The van der Waals surface area contributed by atoms with E-state index in [2.05, 4.69) is 39.0 Å².